The van der Waals surface area contributed by atoms with Crippen molar-refractivity contribution in [1.29, 1.82) is 5.26 Å². The van der Waals surface area contributed by atoms with Gasteiger partial charge in [0, 0.05) is 24.0 Å². The van der Waals surface area contributed by atoms with Gasteiger partial charge in [-0.05, 0) is 43.3 Å². The van der Waals surface area contributed by atoms with E-state index in [1.54, 1.807) is 10.8 Å². The number of nitriles is 1. The van der Waals surface area contributed by atoms with E-state index in [0.717, 1.165) is 18.3 Å². The number of nitrogens with zero attached hydrogens (tertiary/aromatic N) is 5. The van der Waals surface area contributed by atoms with E-state index in [0.29, 0.717) is 12.4 Å². The van der Waals surface area contributed by atoms with Crippen LogP contribution in [-0.4, -0.2) is 40.2 Å². The summed E-state index contributed by atoms with van der Waals surface area (Å²) in [6, 6.07) is 7.36. The lowest BCUT2D eigenvalue weighted by molar-refractivity contribution is -0.147. The molecule has 0 radical (unpaired) electrons. The quantitative estimate of drug-likeness (QED) is 0.427. The average molecular weight is 490 g/mol. The van der Waals surface area contributed by atoms with Crippen molar-refractivity contribution in [3.63, 3.8) is 0 Å². The minimum atomic E-state index is -4.77. The average Bonchev–Trinajstić information content (AvgIpc) is 3.12. The Morgan fingerprint density at radius 2 is 1.82 bits per heavy atom. The smallest absolute Gasteiger partial charge is 0.275 e. The fourth-order valence-electron chi connectivity index (χ4n) is 3.28. The molecular weight excluding hydrogens is 476 g/mol. The van der Waals surface area contributed by atoms with Gasteiger partial charge in [0.2, 0.25) is 16.0 Å². The number of halogens is 4. The van der Waals surface area contributed by atoms with E-state index in [1.165, 1.54) is 35.2 Å². The molecule has 3 aromatic heterocycles. The molecule has 4 rings (SSSR count). The van der Waals surface area contributed by atoms with E-state index in [1.807, 2.05) is 6.07 Å². The van der Waals surface area contributed by atoms with Crippen LogP contribution in [0.25, 0.3) is 28.2 Å². The molecule has 3 heterocycles. The summed E-state index contributed by atoms with van der Waals surface area (Å²) in [5, 5.41) is 10.1. The van der Waals surface area contributed by atoms with Crippen LogP contribution < -0.4 is 4.72 Å². The number of fused-ring (bicyclic) bond motifs is 1. The van der Waals surface area contributed by atoms with Crippen molar-refractivity contribution < 1.29 is 26.0 Å². The summed E-state index contributed by atoms with van der Waals surface area (Å²) in [5.41, 5.74) is 0.700. The van der Waals surface area contributed by atoms with Gasteiger partial charge in [-0.3, -0.25) is 9.55 Å². The van der Waals surface area contributed by atoms with Crippen molar-refractivity contribution in [2.24, 2.45) is 0 Å². The van der Waals surface area contributed by atoms with Gasteiger partial charge in [-0.15, -0.1) is 0 Å². The largest absolute Gasteiger partial charge is 0.404 e. The lowest BCUT2D eigenvalue weighted by Gasteiger charge is -2.17. The number of rotatable bonds is 5. The predicted octanol–water partition coefficient (Wildman–Crippen LogP) is 3.72. The summed E-state index contributed by atoms with van der Waals surface area (Å²) in [4.78, 5) is 11.9. The fourth-order valence-corrected chi connectivity index (χ4v) is 4.45. The molecule has 0 amide bonds. The third kappa shape index (κ3) is 4.20. The lowest BCUT2D eigenvalue weighted by Crippen LogP contribution is -2.42. The highest BCUT2D eigenvalue weighted by atomic mass is 32.2. The number of hydrogen-bond acceptors (Lipinski definition) is 6. The van der Waals surface area contributed by atoms with Crippen molar-refractivity contribution in [1.82, 2.24) is 24.2 Å². The van der Waals surface area contributed by atoms with Gasteiger partial charge < -0.3 is 0 Å². The Bertz CT molecular complexity index is 1510. The summed E-state index contributed by atoms with van der Waals surface area (Å²) in [6.07, 6.45) is -0.974. The van der Waals surface area contributed by atoms with Crippen LogP contribution in [-0.2, 0) is 10.0 Å². The van der Waals surface area contributed by atoms with E-state index in [-0.39, 0.29) is 28.3 Å². The number of hydrogen-bond donors (Lipinski definition) is 1. The van der Waals surface area contributed by atoms with Gasteiger partial charge in [-0.2, -0.15) is 23.2 Å². The molecule has 1 N–H and O–H groups in total. The molecule has 0 unspecified atom stereocenters. The van der Waals surface area contributed by atoms with Crippen molar-refractivity contribution in [3.05, 3.63) is 66.4 Å². The SMILES string of the molecule is C[C@H](NS(=O)(=O)c1ccc(-c2c(C#N)c3cc(F)ccc3n2-c2ncccn2)nc1)C(F)(F)F. The van der Waals surface area contributed by atoms with Gasteiger partial charge >= 0.3 is 6.18 Å². The topological polar surface area (TPSA) is 114 Å². The van der Waals surface area contributed by atoms with Crippen molar-refractivity contribution >= 4 is 20.9 Å². The molecule has 13 heteroatoms. The molecule has 0 spiro atoms. The molecule has 34 heavy (non-hydrogen) atoms. The first-order valence-corrected chi connectivity index (χ1v) is 11.1. The molecular formula is C21H14F4N6O2S. The molecule has 174 valence electrons. The van der Waals surface area contributed by atoms with Crippen LogP contribution in [0.2, 0.25) is 0 Å². The monoisotopic (exact) mass is 490 g/mol. The Balaban J connectivity index is 1.87. The van der Waals surface area contributed by atoms with Crippen LogP contribution in [0.4, 0.5) is 17.6 Å². The second-order valence-electron chi connectivity index (χ2n) is 7.14. The molecule has 4 aromatic rings. The van der Waals surface area contributed by atoms with Crippen molar-refractivity contribution in [3.8, 4) is 23.4 Å². The second-order valence-corrected chi connectivity index (χ2v) is 8.86. The number of aromatic nitrogens is 4. The normalized spacial score (nSPS) is 13.1. The third-order valence-corrected chi connectivity index (χ3v) is 6.43. The van der Waals surface area contributed by atoms with Crippen molar-refractivity contribution in [2.75, 3.05) is 0 Å². The van der Waals surface area contributed by atoms with Gasteiger partial charge in [0.15, 0.2) is 0 Å². The molecule has 0 saturated carbocycles. The van der Waals surface area contributed by atoms with E-state index in [9.17, 15) is 31.2 Å². The molecule has 0 aliphatic heterocycles. The summed E-state index contributed by atoms with van der Waals surface area (Å²) in [7, 11) is -4.53. The lowest BCUT2D eigenvalue weighted by atomic mass is 10.1. The van der Waals surface area contributed by atoms with Gasteiger partial charge in [0.05, 0.1) is 22.5 Å². The fraction of sp³-hybridized carbons (Fsp3) is 0.143. The Morgan fingerprint density at radius 1 is 1.12 bits per heavy atom. The summed E-state index contributed by atoms with van der Waals surface area (Å²) >= 11 is 0. The summed E-state index contributed by atoms with van der Waals surface area (Å²) < 4.78 is 80.0. The maximum atomic E-state index is 14.0. The number of nitrogens with one attached hydrogen (secondary N) is 1. The van der Waals surface area contributed by atoms with Crippen LogP contribution in [0.3, 0.4) is 0 Å². The second kappa shape index (κ2) is 8.47. The maximum absolute atomic E-state index is 14.0. The van der Waals surface area contributed by atoms with E-state index in [4.69, 9.17) is 0 Å². The maximum Gasteiger partial charge on any atom is 0.404 e. The molecule has 1 atom stereocenters. The minimum absolute atomic E-state index is 0.0360. The molecule has 0 aliphatic rings. The predicted molar refractivity (Wildman–Crippen MR) is 113 cm³/mol. The van der Waals surface area contributed by atoms with Gasteiger partial charge in [-0.1, -0.05) is 0 Å². The van der Waals surface area contributed by atoms with Gasteiger partial charge in [0.1, 0.15) is 22.8 Å². The van der Waals surface area contributed by atoms with Crippen LogP contribution >= 0.6 is 0 Å². The zero-order valence-electron chi connectivity index (χ0n) is 17.2. The van der Waals surface area contributed by atoms with Crippen LogP contribution in [0.1, 0.15) is 12.5 Å². The highest BCUT2D eigenvalue weighted by molar-refractivity contribution is 7.89. The first-order valence-electron chi connectivity index (χ1n) is 9.60. The number of benzene rings is 1. The van der Waals surface area contributed by atoms with Crippen LogP contribution in [0.15, 0.2) is 59.9 Å². The highest BCUT2D eigenvalue weighted by Gasteiger charge is 2.39. The first kappa shape index (κ1) is 23.3. The number of pyridine rings is 1. The Labute approximate surface area is 190 Å². The summed E-state index contributed by atoms with van der Waals surface area (Å²) in [6.45, 7) is 0.677. The highest BCUT2D eigenvalue weighted by Crippen LogP contribution is 2.35. The van der Waals surface area contributed by atoms with Gasteiger partial charge in [0.25, 0.3) is 0 Å². The standard InChI is InChI=1S/C21H14F4N6O2S/c1-12(21(23,24)25)30-34(32,33)14-4-5-17(29-11-14)19-16(10-26)15-9-13(22)3-6-18(15)31(19)20-27-7-2-8-28-20/h2-9,11-12,30H,1H3/t12-/m0/s1. The third-order valence-electron chi connectivity index (χ3n) is 4.91. The van der Waals surface area contributed by atoms with E-state index in [2.05, 4.69) is 15.0 Å². The van der Waals surface area contributed by atoms with Crippen LogP contribution in [0, 0.1) is 17.1 Å². The van der Waals surface area contributed by atoms with Gasteiger partial charge in [-0.25, -0.2) is 22.8 Å². The minimum Gasteiger partial charge on any atom is -0.275 e. The molecule has 1 aromatic carbocycles. The zero-order chi connectivity index (χ0) is 24.7. The Hall–Kier alpha value is -3.89. The summed E-state index contributed by atoms with van der Waals surface area (Å²) in [5.74, 6) is -0.435. The van der Waals surface area contributed by atoms with Crippen molar-refractivity contribution in [2.45, 2.75) is 24.0 Å². The Kier molecular flexibility index (Phi) is 5.80. The van der Waals surface area contributed by atoms with Crippen LogP contribution in [0.5, 0.6) is 0 Å². The Morgan fingerprint density at radius 3 is 2.41 bits per heavy atom. The zero-order valence-corrected chi connectivity index (χ0v) is 18.1. The molecule has 8 nitrogen and oxygen atoms in total. The molecule has 0 fully saturated rings. The molecule has 0 saturated heterocycles. The first-order chi connectivity index (χ1) is 16.0. The van der Waals surface area contributed by atoms with E-state index >= 15 is 0 Å². The molecule has 0 bridgehead atoms. The molecule has 0 aliphatic carbocycles. The van der Waals surface area contributed by atoms with E-state index < -0.39 is 33.0 Å². The number of sulfonamides is 1. The number of alkyl halides is 3.